The molecule has 0 saturated heterocycles. The van der Waals surface area contributed by atoms with Gasteiger partial charge in [-0.15, -0.1) is 35.4 Å². The van der Waals surface area contributed by atoms with Crippen LogP contribution in [0.15, 0.2) is 66.9 Å². The van der Waals surface area contributed by atoms with Crippen molar-refractivity contribution in [2.45, 2.75) is 46.3 Å². The van der Waals surface area contributed by atoms with Crippen molar-refractivity contribution in [2.24, 2.45) is 0 Å². The van der Waals surface area contributed by atoms with Crippen molar-refractivity contribution in [1.82, 2.24) is 9.97 Å². The molecule has 0 saturated carbocycles. The van der Waals surface area contributed by atoms with E-state index in [-0.39, 0.29) is 32.3 Å². The van der Waals surface area contributed by atoms with Crippen molar-refractivity contribution < 1.29 is 30.3 Å². The number of benzene rings is 3. The van der Waals surface area contributed by atoms with E-state index in [0.29, 0.717) is 6.42 Å². The molecular formula is C27H29IrN2O2-. The summed E-state index contributed by atoms with van der Waals surface area (Å²) in [5.74, 6) is 0. The van der Waals surface area contributed by atoms with Gasteiger partial charge in [0.25, 0.3) is 0 Å². The Labute approximate surface area is 203 Å². The van der Waals surface area contributed by atoms with Gasteiger partial charge in [0.05, 0.1) is 17.9 Å². The molecular weight excluding hydrogens is 577 g/mol. The summed E-state index contributed by atoms with van der Waals surface area (Å²) in [6, 6.07) is 24.4. The number of aromatic nitrogens is 2. The van der Waals surface area contributed by atoms with Gasteiger partial charge in [-0.1, -0.05) is 36.4 Å². The first kappa shape index (κ1) is 25.8. The minimum atomic E-state index is -0.375. The van der Waals surface area contributed by atoms with Crippen LogP contribution in [0.3, 0.4) is 0 Å². The molecule has 2 unspecified atom stereocenters. The summed E-state index contributed by atoms with van der Waals surface area (Å²) < 4.78 is 0. The van der Waals surface area contributed by atoms with Crippen LogP contribution < -0.4 is 0 Å². The zero-order valence-electron chi connectivity index (χ0n) is 18.8. The number of nitrogens with zero attached hydrogens (tertiary/aromatic N) is 2. The van der Waals surface area contributed by atoms with Gasteiger partial charge in [-0.05, 0) is 56.5 Å². The Bertz CT molecular complexity index is 1150. The number of rotatable bonds is 4. The normalized spacial score (nSPS) is 12.3. The van der Waals surface area contributed by atoms with Crippen LogP contribution >= 0.6 is 0 Å². The molecule has 1 heterocycles. The molecule has 3 aromatic carbocycles. The van der Waals surface area contributed by atoms with Gasteiger partial charge in [0.15, 0.2) is 0 Å². The average molecular weight is 606 g/mol. The molecule has 0 bridgehead atoms. The zero-order chi connectivity index (χ0) is 22.4. The van der Waals surface area contributed by atoms with Gasteiger partial charge in [-0.25, -0.2) is 0 Å². The Balaban J connectivity index is 0.000000398. The molecule has 32 heavy (non-hydrogen) atoms. The van der Waals surface area contributed by atoms with Gasteiger partial charge < -0.3 is 15.2 Å². The van der Waals surface area contributed by atoms with Crippen LogP contribution in [-0.4, -0.2) is 32.4 Å². The molecule has 0 amide bonds. The molecule has 2 N–H and O–H groups in total. The van der Waals surface area contributed by atoms with Crippen molar-refractivity contribution >= 4 is 10.8 Å². The molecule has 0 spiro atoms. The summed E-state index contributed by atoms with van der Waals surface area (Å²) in [7, 11) is 0. The first-order valence-corrected chi connectivity index (χ1v) is 10.5. The summed E-state index contributed by atoms with van der Waals surface area (Å²) >= 11 is 0. The van der Waals surface area contributed by atoms with E-state index >= 15 is 0 Å². The predicted octanol–water partition coefficient (Wildman–Crippen LogP) is 5.52. The van der Waals surface area contributed by atoms with Gasteiger partial charge >= 0.3 is 0 Å². The molecule has 0 aliphatic rings. The largest absolute Gasteiger partial charge is 0.393 e. The van der Waals surface area contributed by atoms with Crippen LogP contribution in [0, 0.1) is 19.9 Å². The third-order valence-corrected chi connectivity index (χ3v) is 4.89. The third kappa shape index (κ3) is 7.04. The minimum absolute atomic E-state index is 0. The third-order valence-electron chi connectivity index (χ3n) is 4.89. The number of hydrogen-bond acceptors (Lipinski definition) is 4. The number of aliphatic hydroxyl groups excluding tert-OH is 2. The monoisotopic (exact) mass is 606 g/mol. The van der Waals surface area contributed by atoms with Crippen molar-refractivity contribution in [3.63, 3.8) is 0 Å². The van der Waals surface area contributed by atoms with Crippen LogP contribution in [0.1, 0.15) is 31.7 Å². The Hall–Kier alpha value is -2.43. The SMILES string of the molecule is CC(O)CC(C)O.Cc1cnc(-c2[c-]ccc(-c3ccc4ccccc4c3)c2)c(C)n1.[Ir]. The molecule has 4 nitrogen and oxygen atoms in total. The van der Waals surface area contributed by atoms with E-state index in [2.05, 4.69) is 70.6 Å². The fraction of sp³-hybridized carbons (Fsp3) is 0.259. The number of fused-ring (bicyclic) bond motifs is 1. The van der Waals surface area contributed by atoms with Gasteiger partial charge in [-0.2, -0.15) is 0 Å². The first-order valence-electron chi connectivity index (χ1n) is 10.5. The fourth-order valence-corrected chi connectivity index (χ4v) is 3.51. The van der Waals surface area contributed by atoms with E-state index < -0.39 is 0 Å². The summed E-state index contributed by atoms with van der Waals surface area (Å²) in [4.78, 5) is 9.05. The molecule has 1 aromatic heterocycles. The maximum absolute atomic E-state index is 8.56. The van der Waals surface area contributed by atoms with Crippen LogP contribution in [-0.2, 0) is 20.1 Å². The quantitative estimate of drug-likeness (QED) is 0.301. The van der Waals surface area contributed by atoms with E-state index in [0.717, 1.165) is 28.2 Å². The first-order chi connectivity index (χ1) is 14.8. The van der Waals surface area contributed by atoms with E-state index in [1.54, 1.807) is 20.0 Å². The van der Waals surface area contributed by atoms with Crippen LogP contribution in [0.4, 0.5) is 0 Å². The number of aliphatic hydroxyl groups is 2. The van der Waals surface area contributed by atoms with Gasteiger partial charge in [0, 0.05) is 37.7 Å². The Morgan fingerprint density at radius 3 is 2.16 bits per heavy atom. The molecule has 5 heteroatoms. The van der Waals surface area contributed by atoms with Crippen LogP contribution in [0.25, 0.3) is 33.2 Å². The van der Waals surface area contributed by atoms with E-state index in [9.17, 15) is 0 Å². The van der Waals surface area contributed by atoms with Crippen LogP contribution in [0.5, 0.6) is 0 Å². The van der Waals surface area contributed by atoms with Crippen molar-refractivity contribution in [1.29, 1.82) is 0 Å². The minimum Gasteiger partial charge on any atom is -0.393 e. The molecule has 4 aromatic rings. The molecule has 1 radical (unpaired) electrons. The maximum Gasteiger partial charge on any atom is 0.0539 e. The number of hydrogen-bond donors (Lipinski definition) is 2. The zero-order valence-corrected chi connectivity index (χ0v) is 21.2. The Morgan fingerprint density at radius 2 is 1.53 bits per heavy atom. The maximum atomic E-state index is 8.56. The second kappa shape index (κ2) is 12.0. The average Bonchev–Trinajstić information content (AvgIpc) is 2.73. The fourth-order valence-electron chi connectivity index (χ4n) is 3.51. The summed E-state index contributed by atoms with van der Waals surface area (Å²) in [5.41, 5.74) is 6.09. The van der Waals surface area contributed by atoms with Crippen LogP contribution in [0.2, 0.25) is 0 Å². The summed E-state index contributed by atoms with van der Waals surface area (Å²) in [6.45, 7) is 7.27. The van der Waals surface area contributed by atoms with E-state index in [1.807, 2.05) is 19.9 Å². The van der Waals surface area contributed by atoms with Gasteiger partial charge in [0.2, 0.25) is 0 Å². The Morgan fingerprint density at radius 1 is 0.875 bits per heavy atom. The van der Waals surface area contributed by atoms with Crippen molar-refractivity contribution in [2.75, 3.05) is 0 Å². The number of aryl methyl sites for hydroxylation is 2. The second-order valence-electron chi connectivity index (χ2n) is 7.93. The van der Waals surface area contributed by atoms with Crippen molar-refractivity contribution in [3.05, 3.63) is 84.3 Å². The molecule has 4 rings (SSSR count). The standard InChI is InChI=1S/C22H17N2.C5H12O2.Ir/c1-15-14-23-22(16(2)24-15)21-9-5-8-19(13-21)20-11-10-17-6-3-4-7-18(17)12-20;1-4(6)3-5(2)7;/h3-8,10-14H,1-2H3;4-7H,3H2,1-2H3;/q-1;;. The van der Waals surface area contributed by atoms with Crippen molar-refractivity contribution in [3.8, 4) is 22.4 Å². The molecule has 0 aliphatic heterocycles. The van der Waals surface area contributed by atoms with E-state index in [4.69, 9.17) is 10.2 Å². The predicted molar refractivity (Wildman–Crippen MR) is 127 cm³/mol. The molecule has 0 aliphatic carbocycles. The smallest absolute Gasteiger partial charge is 0.0539 e. The topological polar surface area (TPSA) is 66.2 Å². The summed E-state index contributed by atoms with van der Waals surface area (Å²) in [6.07, 6.45) is 1.53. The molecule has 169 valence electrons. The molecule has 2 atom stereocenters. The van der Waals surface area contributed by atoms with Gasteiger partial charge in [0.1, 0.15) is 0 Å². The second-order valence-corrected chi connectivity index (χ2v) is 7.93. The van der Waals surface area contributed by atoms with E-state index in [1.165, 1.54) is 16.3 Å². The summed E-state index contributed by atoms with van der Waals surface area (Å²) in [5, 5.41) is 19.6. The molecule has 0 fully saturated rings. The van der Waals surface area contributed by atoms with Gasteiger partial charge in [-0.3, -0.25) is 4.98 Å². The Kier molecular flexibility index (Phi) is 9.67.